The third-order valence-electron chi connectivity index (χ3n) is 2.64. The summed E-state index contributed by atoms with van der Waals surface area (Å²) in [4.78, 5) is 4.33. The normalized spacial score (nSPS) is 10.8. The Balaban J connectivity index is 2.36. The number of thiazole rings is 1. The van der Waals surface area contributed by atoms with E-state index in [9.17, 15) is 0 Å². The molecule has 3 rings (SSSR count). The van der Waals surface area contributed by atoms with E-state index in [1.807, 2.05) is 18.2 Å². The minimum Gasteiger partial charge on any atom is -0.389 e. The predicted octanol–water partition coefficient (Wildman–Crippen LogP) is 3.55. The van der Waals surface area contributed by atoms with Crippen LogP contribution in [0.5, 0.6) is 0 Å². The largest absolute Gasteiger partial charge is 0.389 e. The molecule has 2 aromatic carbocycles. The maximum Gasteiger partial charge on any atom is 0.114 e. The Hall–Kier alpha value is -1.87. The molecule has 1 aromatic heterocycles. The van der Waals surface area contributed by atoms with Gasteiger partial charge >= 0.3 is 0 Å². The summed E-state index contributed by atoms with van der Waals surface area (Å²) in [6.45, 7) is 0. The number of nitrogens with zero attached hydrogens (tertiary/aromatic N) is 1. The van der Waals surface area contributed by atoms with Crippen molar-refractivity contribution in [3.05, 3.63) is 48.0 Å². The summed E-state index contributed by atoms with van der Waals surface area (Å²) < 4.78 is 0. The molecule has 16 heavy (non-hydrogen) atoms. The van der Waals surface area contributed by atoms with Crippen molar-refractivity contribution in [2.45, 2.75) is 0 Å². The van der Waals surface area contributed by atoms with Crippen molar-refractivity contribution in [3.63, 3.8) is 0 Å². The second-order valence-electron chi connectivity index (χ2n) is 3.59. The number of benzene rings is 2. The molecule has 78 valence electrons. The molecule has 0 aliphatic heterocycles. The van der Waals surface area contributed by atoms with Crippen LogP contribution >= 0.6 is 11.3 Å². The van der Waals surface area contributed by atoms with Gasteiger partial charge in [0.05, 0.1) is 5.51 Å². The molecule has 0 amide bonds. The maximum absolute atomic E-state index is 5.92. The third kappa shape index (κ3) is 1.37. The second kappa shape index (κ2) is 3.61. The number of hydrogen-bond donors (Lipinski definition) is 1. The van der Waals surface area contributed by atoms with E-state index in [4.69, 9.17) is 5.73 Å². The molecule has 0 bridgehead atoms. The number of nitrogen functional groups attached to an aromatic ring is 1. The van der Waals surface area contributed by atoms with Gasteiger partial charge in [-0.05, 0) is 10.8 Å². The number of anilines is 1. The minimum atomic E-state index is 0.774. The van der Waals surface area contributed by atoms with Crippen LogP contribution in [0.1, 0.15) is 0 Å². The Morgan fingerprint density at radius 2 is 1.81 bits per heavy atom. The van der Waals surface area contributed by atoms with Gasteiger partial charge in [-0.3, -0.25) is 0 Å². The molecule has 0 aliphatic carbocycles. The van der Waals surface area contributed by atoms with E-state index in [2.05, 4.69) is 29.2 Å². The lowest BCUT2D eigenvalue weighted by molar-refractivity contribution is 1.42. The number of nitrogens with two attached hydrogens (primary N) is 1. The Labute approximate surface area is 97.4 Å². The first-order valence-corrected chi connectivity index (χ1v) is 5.91. The minimum absolute atomic E-state index is 0.774. The summed E-state index contributed by atoms with van der Waals surface area (Å²) in [5.74, 6) is 0. The van der Waals surface area contributed by atoms with Crippen molar-refractivity contribution >= 4 is 27.1 Å². The molecule has 2 nitrogen and oxygen atoms in total. The molecule has 0 fully saturated rings. The van der Waals surface area contributed by atoms with Gasteiger partial charge in [0.15, 0.2) is 0 Å². The zero-order valence-electron chi connectivity index (χ0n) is 8.55. The van der Waals surface area contributed by atoms with Crippen LogP contribution in [0.25, 0.3) is 22.0 Å². The molecule has 3 aromatic rings. The SMILES string of the molecule is Nc1scnc1-c1cccc2ccccc12. The predicted molar refractivity (Wildman–Crippen MR) is 69.5 cm³/mol. The van der Waals surface area contributed by atoms with Crippen LogP contribution in [0.4, 0.5) is 5.00 Å². The van der Waals surface area contributed by atoms with Crippen molar-refractivity contribution in [3.8, 4) is 11.3 Å². The van der Waals surface area contributed by atoms with Crippen molar-refractivity contribution in [2.75, 3.05) is 5.73 Å². The number of rotatable bonds is 1. The highest BCUT2D eigenvalue weighted by molar-refractivity contribution is 7.14. The molecule has 0 aliphatic rings. The molecule has 0 saturated carbocycles. The average molecular weight is 226 g/mol. The number of hydrogen-bond acceptors (Lipinski definition) is 3. The lowest BCUT2D eigenvalue weighted by Crippen LogP contribution is -1.86. The van der Waals surface area contributed by atoms with Crippen LogP contribution in [-0.4, -0.2) is 4.98 Å². The van der Waals surface area contributed by atoms with E-state index in [0.717, 1.165) is 16.3 Å². The molecule has 1 heterocycles. The first-order chi connectivity index (χ1) is 7.86. The zero-order chi connectivity index (χ0) is 11.0. The lowest BCUT2D eigenvalue weighted by Gasteiger charge is -2.04. The molecule has 2 N–H and O–H groups in total. The molecule has 0 spiro atoms. The summed E-state index contributed by atoms with van der Waals surface area (Å²) in [5.41, 5.74) is 9.70. The summed E-state index contributed by atoms with van der Waals surface area (Å²) in [6, 6.07) is 14.5. The third-order valence-corrected chi connectivity index (χ3v) is 3.30. The standard InChI is InChI=1S/C13H10N2S/c14-13-12(15-8-16-13)11-7-3-5-9-4-1-2-6-10(9)11/h1-8H,14H2. The summed E-state index contributed by atoms with van der Waals surface area (Å²) in [6.07, 6.45) is 0. The quantitative estimate of drug-likeness (QED) is 0.689. The maximum atomic E-state index is 5.92. The van der Waals surface area contributed by atoms with Crippen LogP contribution in [0.3, 0.4) is 0 Å². The topological polar surface area (TPSA) is 38.9 Å². The van der Waals surface area contributed by atoms with Gasteiger partial charge in [-0.2, -0.15) is 0 Å². The lowest BCUT2D eigenvalue weighted by atomic mass is 10.0. The molecule has 0 radical (unpaired) electrons. The van der Waals surface area contributed by atoms with E-state index in [1.165, 1.54) is 22.1 Å². The van der Waals surface area contributed by atoms with E-state index in [1.54, 1.807) is 5.51 Å². The van der Waals surface area contributed by atoms with Crippen molar-refractivity contribution < 1.29 is 0 Å². The van der Waals surface area contributed by atoms with Gasteiger partial charge in [0.1, 0.15) is 10.7 Å². The highest BCUT2D eigenvalue weighted by Gasteiger charge is 2.08. The van der Waals surface area contributed by atoms with E-state index < -0.39 is 0 Å². The van der Waals surface area contributed by atoms with Crippen molar-refractivity contribution in [2.24, 2.45) is 0 Å². The van der Waals surface area contributed by atoms with Gasteiger partial charge in [0.25, 0.3) is 0 Å². The first kappa shape index (κ1) is 9.36. The van der Waals surface area contributed by atoms with Crippen LogP contribution in [0.2, 0.25) is 0 Å². The molecule has 0 saturated heterocycles. The van der Waals surface area contributed by atoms with Crippen molar-refractivity contribution in [1.29, 1.82) is 0 Å². The Kier molecular flexibility index (Phi) is 2.11. The highest BCUT2D eigenvalue weighted by Crippen LogP contribution is 2.32. The van der Waals surface area contributed by atoms with E-state index in [-0.39, 0.29) is 0 Å². The molecular weight excluding hydrogens is 216 g/mol. The average Bonchev–Trinajstić information content (AvgIpc) is 2.75. The van der Waals surface area contributed by atoms with Gasteiger partial charge in [-0.1, -0.05) is 42.5 Å². The summed E-state index contributed by atoms with van der Waals surface area (Å²) in [7, 11) is 0. The van der Waals surface area contributed by atoms with Gasteiger partial charge in [0, 0.05) is 5.56 Å². The van der Waals surface area contributed by atoms with Gasteiger partial charge in [0.2, 0.25) is 0 Å². The molecule has 0 atom stereocenters. The monoisotopic (exact) mass is 226 g/mol. The highest BCUT2D eigenvalue weighted by atomic mass is 32.1. The smallest absolute Gasteiger partial charge is 0.114 e. The van der Waals surface area contributed by atoms with Gasteiger partial charge < -0.3 is 5.73 Å². The zero-order valence-corrected chi connectivity index (χ0v) is 9.37. The van der Waals surface area contributed by atoms with E-state index >= 15 is 0 Å². The summed E-state index contributed by atoms with van der Waals surface area (Å²) in [5, 5.41) is 3.19. The second-order valence-corrected chi connectivity index (χ2v) is 4.48. The fraction of sp³-hybridized carbons (Fsp3) is 0. The fourth-order valence-corrected chi connectivity index (χ4v) is 2.44. The number of aromatic nitrogens is 1. The van der Waals surface area contributed by atoms with Gasteiger partial charge in [-0.25, -0.2) is 4.98 Å². The van der Waals surface area contributed by atoms with Crippen LogP contribution in [-0.2, 0) is 0 Å². The number of fused-ring (bicyclic) bond motifs is 1. The fourth-order valence-electron chi connectivity index (χ4n) is 1.89. The Morgan fingerprint density at radius 3 is 2.62 bits per heavy atom. The molecule has 3 heteroatoms. The van der Waals surface area contributed by atoms with Crippen molar-refractivity contribution in [1.82, 2.24) is 4.98 Å². The Bertz CT molecular complexity index is 638. The Morgan fingerprint density at radius 1 is 1.00 bits per heavy atom. The molecular formula is C13H10N2S. The van der Waals surface area contributed by atoms with E-state index in [0.29, 0.717) is 0 Å². The summed E-state index contributed by atoms with van der Waals surface area (Å²) >= 11 is 1.47. The van der Waals surface area contributed by atoms with Crippen LogP contribution < -0.4 is 5.73 Å². The van der Waals surface area contributed by atoms with Crippen LogP contribution in [0, 0.1) is 0 Å². The van der Waals surface area contributed by atoms with Crippen LogP contribution in [0.15, 0.2) is 48.0 Å². The van der Waals surface area contributed by atoms with Gasteiger partial charge in [-0.15, -0.1) is 11.3 Å². The first-order valence-electron chi connectivity index (χ1n) is 5.03. The molecule has 0 unspecified atom stereocenters.